The van der Waals surface area contributed by atoms with E-state index < -0.39 is 23.6 Å². The molecule has 3 aromatic rings. The Hall–Kier alpha value is -3.72. The maximum atomic E-state index is 13.3. The molecule has 1 unspecified atom stereocenters. The number of ether oxygens (including phenoxy) is 3. The highest BCUT2D eigenvalue weighted by molar-refractivity contribution is 6.00. The summed E-state index contributed by atoms with van der Waals surface area (Å²) in [6.07, 6.45) is 4.55. The summed E-state index contributed by atoms with van der Waals surface area (Å²) in [5, 5.41) is 1.31. The normalized spacial score (nSPS) is 15.3. The van der Waals surface area contributed by atoms with Gasteiger partial charge in [-0.1, -0.05) is 45.0 Å². The predicted octanol–water partition coefficient (Wildman–Crippen LogP) is 4.62. The van der Waals surface area contributed by atoms with Crippen LogP contribution in [0.1, 0.15) is 70.4 Å². The van der Waals surface area contributed by atoms with Gasteiger partial charge in [0, 0.05) is 48.0 Å². The van der Waals surface area contributed by atoms with E-state index in [0.29, 0.717) is 41.7 Å². The zero-order valence-corrected chi connectivity index (χ0v) is 22.8. The molecule has 202 valence electrons. The summed E-state index contributed by atoms with van der Waals surface area (Å²) in [6.45, 7) is 11.2. The number of rotatable bonds is 6. The van der Waals surface area contributed by atoms with Gasteiger partial charge >= 0.3 is 11.9 Å². The Kier molecular flexibility index (Phi) is 7.34. The molecule has 0 fully saturated rings. The highest BCUT2D eigenvalue weighted by Gasteiger charge is 2.34. The van der Waals surface area contributed by atoms with Gasteiger partial charge in [-0.25, -0.2) is 9.78 Å². The molecule has 0 spiro atoms. The summed E-state index contributed by atoms with van der Waals surface area (Å²) in [7, 11) is 0. The Bertz CT molecular complexity index is 1400. The van der Waals surface area contributed by atoms with Gasteiger partial charge in [-0.2, -0.15) is 0 Å². The molecule has 0 bridgehead atoms. The second-order valence-electron chi connectivity index (χ2n) is 11.6. The first-order valence-corrected chi connectivity index (χ1v) is 12.7. The van der Waals surface area contributed by atoms with E-state index in [0.717, 1.165) is 5.39 Å². The van der Waals surface area contributed by atoms with E-state index in [4.69, 9.17) is 19.9 Å². The number of hydrogen-bond donors (Lipinski definition) is 1. The zero-order chi connectivity index (χ0) is 27.8. The van der Waals surface area contributed by atoms with Gasteiger partial charge in [0.05, 0.1) is 0 Å². The van der Waals surface area contributed by atoms with Crippen molar-refractivity contribution in [3.05, 3.63) is 48.0 Å². The number of imidazole rings is 1. The summed E-state index contributed by atoms with van der Waals surface area (Å²) in [6, 6.07) is 6.23. The summed E-state index contributed by atoms with van der Waals surface area (Å²) < 4.78 is 19.2. The van der Waals surface area contributed by atoms with E-state index in [1.807, 2.05) is 46.8 Å². The molecule has 1 aliphatic heterocycles. The Morgan fingerprint density at radius 3 is 2.47 bits per heavy atom. The Morgan fingerprint density at radius 2 is 1.82 bits per heavy atom. The zero-order valence-electron chi connectivity index (χ0n) is 22.8. The molecule has 2 N–H and O–H groups in total. The van der Waals surface area contributed by atoms with Crippen LogP contribution in [0, 0.1) is 5.41 Å². The fourth-order valence-corrected chi connectivity index (χ4v) is 4.58. The minimum Gasteiger partial charge on any atom is -0.487 e. The standard InChI is InChI=1S/C29H35N3O6/c1-17(33)36-26-21-11-12-29(5,6)38-24(21)19-9-7-8-10-20(19)25(26)37-27(35)22(30)13-18-15-31-16-32(18)23(34)14-28(2,3)4/h7-10,15-16,22H,11-14,30H2,1-6H3. The lowest BCUT2D eigenvalue weighted by Gasteiger charge is -2.34. The predicted molar refractivity (Wildman–Crippen MR) is 143 cm³/mol. The van der Waals surface area contributed by atoms with Gasteiger partial charge in [0.25, 0.3) is 0 Å². The maximum Gasteiger partial charge on any atom is 0.328 e. The molecule has 1 aromatic heterocycles. The summed E-state index contributed by atoms with van der Waals surface area (Å²) in [5.74, 6) is -0.514. The van der Waals surface area contributed by atoms with Gasteiger partial charge in [0.1, 0.15) is 23.7 Å². The molecule has 0 amide bonds. The van der Waals surface area contributed by atoms with Crippen LogP contribution in [0.15, 0.2) is 36.8 Å². The van der Waals surface area contributed by atoms with Crippen LogP contribution in [0.4, 0.5) is 0 Å². The third-order valence-corrected chi connectivity index (χ3v) is 6.37. The van der Waals surface area contributed by atoms with Gasteiger partial charge in [-0.3, -0.25) is 14.2 Å². The number of nitrogens with two attached hydrogens (primary N) is 1. The lowest BCUT2D eigenvalue weighted by atomic mass is 9.91. The SMILES string of the molecule is CC(=O)Oc1c2c(c3ccccc3c1OC(=O)C(N)Cc1cncn1C(=O)CC(C)(C)C)OC(C)(C)CC2. The third-order valence-electron chi connectivity index (χ3n) is 6.37. The van der Waals surface area contributed by atoms with Gasteiger partial charge in [0.2, 0.25) is 5.91 Å². The molecule has 9 nitrogen and oxygen atoms in total. The smallest absolute Gasteiger partial charge is 0.328 e. The quantitative estimate of drug-likeness (QED) is 0.368. The van der Waals surface area contributed by atoms with Gasteiger partial charge < -0.3 is 19.9 Å². The Balaban J connectivity index is 1.68. The maximum absolute atomic E-state index is 13.3. The first-order chi connectivity index (χ1) is 17.8. The fraction of sp³-hybridized carbons (Fsp3) is 0.448. The first kappa shape index (κ1) is 27.3. The van der Waals surface area contributed by atoms with E-state index in [-0.39, 0.29) is 29.2 Å². The number of carbonyl (C=O) groups excluding carboxylic acids is 3. The number of fused-ring (bicyclic) bond motifs is 3. The van der Waals surface area contributed by atoms with Crippen LogP contribution in [0.3, 0.4) is 0 Å². The van der Waals surface area contributed by atoms with E-state index in [2.05, 4.69) is 4.98 Å². The number of benzene rings is 2. The van der Waals surface area contributed by atoms with Crippen LogP contribution in [-0.4, -0.2) is 39.0 Å². The second-order valence-corrected chi connectivity index (χ2v) is 11.6. The molecule has 9 heteroatoms. The minimum absolute atomic E-state index is 0.0395. The number of aromatic nitrogens is 2. The van der Waals surface area contributed by atoms with Crippen LogP contribution >= 0.6 is 0 Å². The van der Waals surface area contributed by atoms with Gasteiger partial charge in [0.15, 0.2) is 11.5 Å². The molecule has 38 heavy (non-hydrogen) atoms. The average molecular weight is 522 g/mol. The third kappa shape index (κ3) is 5.88. The van der Waals surface area contributed by atoms with Crippen molar-refractivity contribution in [2.45, 2.75) is 78.9 Å². The molecule has 4 rings (SSSR count). The van der Waals surface area contributed by atoms with Gasteiger partial charge in [-0.15, -0.1) is 0 Å². The lowest BCUT2D eigenvalue weighted by molar-refractivity contribution is -0.137. The van der Waals surface area contributed by atoms with Crippen molar-refractivity contribution in [3.8, 4) is 17.2 Å². The second kappa shape index (κ2) is 10.2. The van der Waals surface area contributed by atoms with Crippen LogP contribution in [0.2, 0.25) is 0 Å². The number of nitrogens with zero attached hydrogens (tertiary/aromatic N) is 2. The molecule has 1 aliphatic rings. The van der Waals surface area contributed by atoms with E-state index >= 15 is 0 Å². The van der Waals surface area contributed by atoms with E-state index in [1.165, 1.54) is 24.0 Å². The van der Waals surface area contributed by atoms with Crippen molar-refractivity contribution in [2.24, 2.45) is 11.1 Å². The van der Waals surface area contributed by atoms with Crippen molar-refractivity contribution >= 4 is 28.6 Å². The van der Waals surface area contributed by atoms with E-state index in [9.17, 15) is 14.4 Å². The molecule has 0 aliphatic carbocycles. The van der Waals surface area contributed by atoms with Crippen molar-refractivity contribution in [1.82, 2.24) is 9.55 Å². The minimum atomic E-state index is -1.09. The number of esters is 2. The average Bonchev–Trinajstić information content (AvgIpc) is 3.27. The monoisotopic (exact) mass is 521 g/mol. The highest BCUT2D eigenvalue weighted by Crippen LogP contribution is 2.50. The summed E-state index contributed by atoms with van der Waals surface area (Å²) >= 11 is 0. The molecule has 2 aromatic carbocycles. The van der Waals surface area contributed by atoms with Gasteiger partial charge in [-0.05, 0) is 32.1 Å². The molecule has 1 atom stereocenters. The van der Waals surface area contributed by atoms with Crippen molar-refractivity contribution in [1.29, 1.82) is 0 Å². The molecular formula is C29H35N3O6. The van der Waals surface area contributed by atoms with Crippen molar-refractivity contribution < 1.29 is 28.6 Å². The van der Waals surface area contributed by atoms with Crippen LogP contribution in [-0.2, 0) is 22.4 Å². The molecule has 0 saturated heterocycles. The highest BCUT2D eigenvalue weighted by atomic mass is 16.6. The summed E-state index contributed by atoms with van der Waals surface area (Å²) in [4.78, 5) is 42.2. The molecular weight excluding hydrogens is 486 g/mol. The molecule has 0 radical (unpaired) electrons. The topological polar surface area (TPSA) is 123 Å². The summed E-state index contributed by atoms with van der Waals surface area (Å²) in [5.41, 5.74) is 6.82. The van der Waals surface area contributed by atoms with Crippen molar-refractivity contribution in [2.75, 3.05) is 0 Å². The molecule has 0 saturated carbocycles. The Morgan fingerprint density at radius 1 is 1.13 bits per heavy atom. The first-order valence-electron chi connectivity index (χ1n) is 12.7. The lowest BCUT2D eigenvalue weighted by Crippen LogP contribution is -2.37. The van der Waals surface area contributed by atoms with Crippen LogP contribution in [0.5, 0.6) is 17.2 Å². The van der Waals surface area contributed by atoms with Crippen LogP contribution < -0.4 is 19.9 Å². The Labute approximate surface area is 222 Å². The largest absolute Gasteiger partial charge is 0.487 e. The molecule has 2 heterocycles. The van der Waals surface area contributed by atoms with E-state index in [1.54, 1.807) is 12.1 Å². The number of hydrogen-bond acceptors (Lipinski definition) is 8. The number of carbonyl (C=O) groups is 3. The van der Waals surface area contributed by atoms with Crippen LogP contribution in [0.25, 0.3) is 10.8 Å². The fourth-order valence-electron chi connectivity index (χ4n) is 4.58. The van der Waals surface area contributed by atoms with Crippen molar-refractivity contribution in [3.63, 3.8) is 0 Å².